The highest BCUT2D eigenvalue weighted by atomic mass is 16.5. The van der Waals surface area contributed by atoms with E-state index in [1.165, 1.54) is 31.0 Å². The minimum absolute atomic E-state index is 0.316. The van der Waals surface area contributed by atoms with Crippen molar-refractivity contribution in [3.63, 3.8) is 0 Å². The first-order valence-corrected chi connectivity index (χ1v) is 9.44. The molecule has 0 saturated heterocycles. The number of carbonyl (C=O) groups is 2. The second-order valence-corrected chi connectivity index (χ2v) is 6.83. The van der Waals surface area contributed by atoms with E-state index in [1.807, 2.05) is 0 Å². The number of aliphatic carboxylic acids is 1. The lowest BCUT2D eigenvalue weighted by atomic mass is 10.00. The summed E-state index contributed by atoms with van der Waals surface area (Å²) in [5.41, 5.74) is 0.760. The second-order valence-electron chi connectivity index (χ2n) is 6.83. The lowest BCUT2D eigenvalue weighted by Gasteiger charge is -2.19. The van der Waals surface area contributed by atoms with Gasteiger partial charge in [-0.2, -0.15) is 0 Å². The van der Waals surface area contributed by atoms with Crippen LogP contribution in [0, 0.1) is 0 Å². The summed E-state index contributed by atoms with van der Waals surface area (Å²) in [6.07, 6.45) is 0.936. The number of ether oxygens (including phenoxy) is 1. The van der Waals surface area contributed by atoms with Crippen LogP contribution in [0.25, 0.3) is 11.3 Å². The monoisotopic (exact) mass is 439 g/mol. The van der Waals surface area contributed by atoms with Crippen molar-refractivity contribution < 1.29 is 24.5 Å². The Morgan fingerprint density at radius 2 is 1.97 bits per heavy atom. The molecule has 166 valence electrons. The van der Waals surface area contributed by atoms with Crippen LogP contribution in [0.1, 0.15) is 18.0 Å². The predicted octanol–water partition coefficient (Wildman–Crippen LogP) is 1.89. The summed E-state index contributed by atoms with van der Waals surface area (Å²) in [5.74, 6) is -1.19. The van der Waals surface area contributed by atoms with Crippen LogP contribution < -0.4 is 20.9 Å². The number of methoxy groups -OCH3 is 1. The number of urea groups is 1. The largest absolute Gasteiger partial charge is 0.505 e. The van der Waals surface area contributed by atoms with E-state index in [0.717, 1.165) is 0 Å². The number of aromatic hydroxyl groups is 1. The van der Waals surface area contributed by atoms with Gasteiger partial charge in [-0.05, 0) is 23.8 Å². The Balaban J connectivity index is 1.85. The van der Waals surface area contributed by atoms with Crippen LogP contribution in [0.3, 0.4) is 0 Å². The summed E-state index contributed by atoms with van der Waals surface area (Å²) in [6.45, 7) is 0. The third-order valence-corrected chi connectivity index (χ3v) is 4.60. The molecule has 0 saturated carbocycles. The minimum Gasteiger partial charge on any atom is -0.505 e. The van der Waals surface area contributed by atoms with Crippen molar-refractivity contribution in [1.29, 1.82) is 0 Å². The van der Waals surface area contributed by atoms with Crippen LogP contribution in [0.15, 0.2) is 53.5 Å². The van der Waals surface area contributed by atoms with Crippen molar-refractivity contribution in [1.82, 2.24) is 20.1 Å². The van der Waals surface area contributed by atoms with Gasteiger partial charge in [0.05, 0.1) is 25.3 Å². The molecule has 3 aromatic rings. The first kappa shape index (κ1) is 22.3. The van der Waals surface area contributed by atoms with E-state index in [4.69, 9.17) is 4.74 Å². The normalized spacial score (nSPS) is 11.4. The molecule has 2 amide bonds. The van der Waals surface area contributed by atoms with Crippen molar-refractivity contribution in [2.24, 2.45) is 7.05 Å². The average Bonchev–Trinajstić information content (AvgIpc) is 2.79. The third kappa shape index (κ3) is 5.19. The van der Waals surface area contributed by atoms with Gasteiger partial charge in [0, 0.05) is 24.9 Å². The zero-order chi connectivity index (χ0) is 23.3. The summed E-state index contributed by atoms with van der Waals surface area (Å²) in [4.78, 5) is 36.1. The first-order chi connectivity index (χ1) is 15.3. The Morgan fingerprint density at radius 3 is 2.62 bits per heavy atom. The lowest BCUT2D eigenvalue weighted by molar-refractivity contribution is -0.137. The molecule has 4 N–H and O–H groups in total. The average molecular weight is 439 g/mol. The molecule has 11 nitrogen and oxygen atoms in total. The maximum Gasteiger partial charge on any atom is 0.319 e. The van der Waals surface area contributed by atoms with E-state index in [2.05, 4.69) is 20.8 Å². The fourth-order valence-corrected chi connectivity index (χ4v) is 2.97. The number of carboxylic acids is 1. The van der Waals surface area contributed by atoms with E-state index in [9.17, 15) is 24.6 Å². The van der Waals surface area contributed by atoms with Crippen molar-refractivity contribution >= 4 is 17.7 Å². The van der Waals surface area contributed by atoms with E-state index < -0.39 is 35.8 Å². The second kappa shape index (κ2) is 9.60. The number of nitrogens with one attached hydrogen (secondary N) is 2. The van der Waals surface area contributed by atoms with Gasteiger partial charge in [0.25, 0.3) is 5.56 Å². The van der Waals surface area contributed by atoms with Gasteiger partial charge in [0.1, 0.15) is 5.75 Å². The van der Waals surface area contributed by atoms with Gasteiger partial charge in [-0.3, -0.25) is 9.59 Å². The highest BCUT2D eigenvalue weighted by Gasteiger charge is 2.20. The molecule has 0 radical (unpaired) electrons. The Morgan fingerprint density at radius 1 is 1.19 bits per heavy atom. The first-order valence-electron chi connectivity index (χ1n) is 9.44. The van der Waals surface area contributed by atoms with Crippen LogP contribution in [-0.2, 0) is 11.8 Å². The van der Waals surface area contributed by atoms with Crippen LogP contribution in [0.2, 0.25) is 0 Å². The van der Waals surface area contributed by atoms with Gasteiger partial charge in [-0.1, -0.05) is 18.2 Å². The Bertz CT molecular complexity index is 1190. The van der Waals surface area contributed by atoms with Gasteiger partial charge in [0.15, 0.2) is 5.69 Å². The number of hydrogen-bond donors (Lipinski definition) is 4. The van der Waals surface area contributed by atoms with E-state index in [0.29, 0.717) is 22.7 Å². The molecular weight excluding hydrogens is 418 g/mol. The molecule has 1 atom stereocenters. The maximum absolute atomic E-state index is 12.5. The van der Waals surface area contributed by atoms with Crippen molar-refractivity contribution in [2.45, 2.75) is 12.5 Å². The Kier molecular flexibility index (Phi) is 6.68. The SMILES string of the molecule is COc1ccc(-c2cccc(C(CC(=O)O)NC(=O)Nc3c(O)ccn(C)c3=O)c2)nn1. The molecular formula is C21H21N5O6. The van der Waals surface area contributed by atoms with Crippen LogP contribution in [0.4, 0.5) is 10.5 Å². The molecule has 1 aromatic carbocycles. The molecule has 11 heteroatoms. The van der Waals surface area contributed by atoms with Gasteiger partial charge in [-0.15, -0.1) is 10.2 Å². The van der Waals surface area contributed by atoms with Gasteiger partial charge in [-0.25, -0.2) is 4.79 Å². The number of amides is 2. The van der Waals surface area contributed by atoms with Gasteiger partial charge in [0.2, 0.25) is 5.88 Å². The molecule has 0 spiro atoms. The Labute approximate surface area is 182 Å². The third-order valence-electron chi connectivity index (χ3n) is 4.60. The topological polar surface area (TPSA) is 156 Å². The minimum atomic E-state index is -1.14. The van der Waals surface area contributed by atoms with E-state index in [1.54, 1.807) is 36.4 Å². The summed E-state index contributed by atoms with van der Waals surface area (Å²) >= 11 is 0. The fraction of sp³-hybridized carbons (Fsp3) is 0.190. The summed E-state index contributed by atoms with van der Waals surface area (Å²) in [5, 5.41) is 32.0. The number of carboxylic acid groups (broad SMARTS) is 1. The van der Waals surface area contributed by atoms with Crippen molar-refractivity contribution in [2.75, 3.05) is 12.4 Å². The molecule has 0 aliphatic carbocycles. The predicted molar refractivity (Wildman–Crippen MR) is 115 cm³/mol. The summed E-state index contributed by atoms with van der Waals surface area (Å²) in [6, 6.07) is 9.64. The van der Waals surface area contributed by atoms with Gasteiger partial charge >= 0.3 is 12.0 Å². The maximum atomic E-state index is 12.5. The summed E-state index contributed by atoms with van der Waals surface area (Å²) < 4.78 is 6.18. The highest BCUT2D eigenvalue weighted by molar-refractivity contribution is 5.91. The number of hydrogen-bond acceptors (Lipinski definition) is 7. The number of benzene rings is 1. The van der Waals surface area contributed by atoms with Crippen LogP contribution in [-0.4, -0.2) is 44.1 Å². The molecule has 2 heterocycles. The molecule has 0 fully saturated rings. The fourth-order valence-electron chi connectivity index (χ4n) is 2.97. The number of aryl methyl sites for hydroxylation is 1. The van der Waals surface area contributed by atoms with Crippen LogP contribution >= 0.6 is 0 Å². The molecule has 0 aliphatic heterocycles. The molecule has 1 unspecified atom stereocenters. The van der Waals surface area contributed by atoms with Crippen molar-refractivity contribution in [3.8, 4) is 22.9 Å². The molecule has 3 rings (SSSR count). The van der Waals surface area contributed by atoms with E-state index in [-0.39, 0.29) is 5.69 Å². The molecule has 0 bridgehead atoms. The number of anilines is 1. The number of aromatic nitrogens is 3. The molecule has 2 aromatic heterocycles. The number of pyridine rings is 1. The zero-order valence-corrected chi connectivity index (χ0v) is 17.3. The quantitative estimate of drug-likeness (QED) is 0.435. The molecule has 0 aliphatic rings. The van der Waals surface area contributed by atoms with E-state index >= 15 is 0 Å². The van der Waals surface area contributed by atoms with Gasteiger partial charge < -0.3 is 30.2 Å². The lowest BCUT2D eigenvalue weighted by Crippen LogP contribution is -2.36. The highest BCUT2D eigenvalue weighted by Crippen LogP contribution is 2.25. The molecule has 32 heavy (non-hydrogen) atoms. The summed E-state index contributed by atoms with van der Waals surface area (Å²) in [7, 11) is 2.94. The number of carbonyl (C=O) groups excluding carboxylic acids is 1. The number of nitrogens with zero attached hydrogens (tertiary/aromatic N) is 3. The van der Waals surface area contributed by atoms with Crippen LogP contribution in [0.5, 0.6) is 11.6 Å². The smallest absolute Gasteiger partial charge is 0.319 e. The van der Waals surface area contributed by atoms with Crippen molar-refractivity contribution in [3.05, 3.63) is 64.6 Å². The Hall–Kier alpha value is -4.41. The zero-order valence-electron chi connectivity index (χ0n) is 17.3. The standard InChI is InChI=1S/C21H21N5O6/c1-26-9-8-16(27)19(20(26)30)23-21(31)22-15(11-18(28)29)13-5-3-4-12(10-13)14-6-7-17(32-2)25-24-14/h3-10,15,27H,11H2,1-2H3,(H,28,29)(H2,22,23,31). The number of rotatable bonds is 7.